The molecule has 7 nitrogen and oxygen atoms in total. The summed E-state index contributed by atoms with van der Waals surface area (Å²) in [4.78, 5) is 6.69. The van der Waals surface area contributed by atoms with Crippen molar-refractivity contribution >= 4 is 5.95 Å². The van der Waals surface area contributed by atoms with Crippen LogP contribution in [0.5, 0.6) is 0 Å². The summed E-state index contributed by atoms with van der Waals surface area (Å²) in [5.41, 5.74) is 8.70. The fraction of sp³-hybridized carbons (Fsp3) is 0.538. The Morgan fingerprint density at radius 1 is 1.45 bits per heavy atom. The molecule has 1 saturated heterocycles. The maximum absolute atomic E-state index is 5.92. The average Bonchev–Trinajstić information content (AvgIpc) is 3.07. The topological polar surface area (TPSA) is 96.6 Å². The largest absolute Gasteiger partial charge is 0.338 e. The molecule has 0 saturated carbocycles. The number of aromatic nitrogens is 5. The van der Waals surface area contributed by atoms with E-state index in [1.807, 2.05) is 13.0 Å². The number of H-pyrrole nitrogens is 1. The van der Waals surface area contributed by atoms with Crippen molar-refractivity contribution in [3.05, 3.63) is 17.5 Å². The van der Waals surface area contributed by atoms with Crippen molar-refractivity contribution in [2.24, 2.45) is 5.73 Å². The zero-order valence-electron chi connectivity index (χ0n) is 11.8. The van der Waals surface area contributed by atoms with Gasteiger partial charge in [-0.25, -0.2) is 0 Å². The highest BCUT2D eigenvalue weighted by Crippen LogP contribution is 2.22. The third-order valence-corrected chi connectivity index (χ3v) is 3.56. The van der Waals surface area contributed by atoms with Gasteiger partial charge in [0.05, 0.1) is 11.4 Å². The summed E-state index contributed by atoms with van der Waals surface area (Å²) in [5, 5.41) is 15.6. The second-order valence-electron chi connectivity index (χ2n) is 5.18. The van der Waals surface area contributed by atoms with E-state index in [9.17, 15) is 0 Å². The molecular formula is C13H19N7. The molecule has 3 rings (SSSR count). The molecule has 2 aromatic heterocycles. The van der Waals surface area contributed by atoms with E-state index in [1.54, 1.807) is 0 Å². The van der Waals surface area contributed by atoms with E-state index in [0.29, 0.717) is 5.95 Å². The Hall–Kier alpha value is -2.02. The molecule has 1 atom stereocenters. The molecular weight excluding hydrogens is 254 g/mol. The first-order valence-corrected chi connectivity index (χ1v) is 6.94. The number of rotatable bonds is 3. The number of anilines is 1. The summed E-state index contributed by atoms with van der Waals surface area (Å²) in [6.07, 6.45) is 1.80. The minimum atomic E-state index is 0.216. The van der Waals surface area contributed by atoms with Crippen LogP contribution in [0, 0.1) is 6.92 Å². The first kappa shape index (κ1) is 13.0. The van der Waals surface area contributed by atoms with Gasteiger partial charge in [-0.1, -0.05) is 6.92 Å². The number of nitrogens with two attached hydrogens (primary N) is 1. The van der Waals surface area contributed by atoms with E-state index in [0.717, 1.165) is 48.7 Å². The van der Waals surface area contributed by atoms with Crippen LogP contribution in [0.1, 0.15) is 24.7 Å². The van der Waals surface area contributed by atoms with Gasteiger partial charge in [0.25, 0.3) is 0 Å². The zero-order chi connectivity index (χ0) is 14.1. The van der Waals surface area contributed by atoms with Gasteiger partial charge >= 0.3 is 0 Å². The fourth-order valence-corrected chi connectivity index (χ4v) is 2.46. The molecule has 106 valence electrons. The van der Waals surface area contributed by atoms with Crippen LogP contribution in [0.25, 0.3) is 11.4 Å². The Balaban J connectivity index is 1.92. The molecule has 0 amide bonds. The van der Waals surface area contributed by atoms with Crippen molar-refractivity contribution in [3.63, 3.8) is 0 Å². The minimum absolute atomic E-state index is 0.216. The molecule has 3 heterocycles. The van der Waals surface area contributed by atoms with E-state index >= 15 is 0 Å². The lowest BCUT2D eigenvalue weighted by Gasteiger charge is -2.11. The molecule has 1 aliphatic rings. The summed E-state index contributed by atoms with van der Waals surface area (Å²) in [6.45, 7) is 5.70. The van der Waals surface area contributed by atoms with E-state index in [2.05, 4.69) is 37.2 Å². The lowest BCUT2D eigenvalue weighted by Crippen LogP contribution is -2.26. The lowest BCUT2D eigenvalue weighted by atomic mass is 10.1. The third kappa shape index (κ3) is 2.36. The molecule has 7 heteroatoms. The highest BCUT2D eigenvalue weighted by atomic mass is 15.4. The summed E-state index contributed by atoms with van der Waals surface area (Å²) < 4.78 is 0. The van der Waals surface area contributed by atoms with Gasteiger partial charge in [0.2, 0.25) is 5.95 Å². The summed E-state index contributed by atoms with van der Waals surface area (Å²) in [6, 6.07) is 2.21. The molecule has 3 N–H and O–H groups in total. The summed E-state index contributed by atoms with van der Waals surface area (Å²) >= 11 is 0. The minimum Gasteiger partial charge on any atom is -0.338 e. The van der Waals surface area contributed by atoms with Crippen molar-refractivity contribution in [3.8, 4) is 11.4 Å². The Morgan fingerprint density at radius 2 is 2.30 bits per heavy atom. The van der Waals surface area contributed by atoms with Crippen molar-refractivity contribution < 1.29 is 0 Å². The first-order valence-electron chi connectivity index (χ1n) is 6.94. The second-order valence-corrected chi connectivity index (χ2v) is 5.18. The Labute approximate surface area is 117 Å². The molecule has 0 aliphatic carbocycles. The maximum atomic E-state index is 5.92. The number of aryl methyl sites for hydroxylation is 2. The molecule has 0 spiro atoms. The predicted molar refractivity (Wildman–Crippen MR) is 76.3 cm³/mol. The lowest BCUT2D eigenvalue weighted by molar-refractivity contribution is 0.750. The molecule has 0 radical (unpaired) electrons. The summed E-state index contributed by atoms with van der Waals surface area (Å²) in [7, 11) is 0. The van der Waals surface area contributed by atoms with Gasteiger partial charge in [0.15, 0.2) is 5.82 Å². The standard InChI is InChI=1S/C13H19N7/c1-3-11-10(6-8(2)16-17-11)12-15-13(19-18-12)20-5-4-9(14)7-20/h6,9H,3-5,7,14H2,1-2H3,(H,15,18,19). The first-order chi connectivity index (χ1) is 9.67. The average molecular weight is 273 g/mol. The van der Waals surface area contributed by atoms with Crippen LogP contribution in [0.2, 0.25) is 0 Å². The van der Waals surface area contributed by atoms with Gasteiger partial charge in [-0.15, -0.1) is 5.10 Å². The van der Waals surface area contributed by atoms with Gasteiger partial charge in [0, 0.05) is 24.7 Å². The molecule has 0 aromatic carbocycles. The van der Waals surface area contributed by atoms with Crippen LogP contribution in [0.3, 0.4) is 0 Å². The molecule has 1 aliphatic heterocycles. The van der Waals surface area contributed by atoms with Crippen LogP contribution in [0.4, 0.5) is 5.95 Å². The van der Waals surface area contributed by atoms with Crippen LogP contribution in [-0.2, 0) is 6.42 Å². The Bertz CT molecular complexity index is 607. The second kappa shape index (κ2) is 5.16. The van der Waals surface area contributed by atoms with E-state index < -0.39 is 0 Å². The van der Waals surface area contributed by atoms with Crippen LogP contribution in [-0.4, -0.2) is 44.5 Å². The number of nitrogens with zero attached hydrogens (tertiary/aromatic N) is 5. The van der Waals surface area contributed by atoms with E-state index in [-0.39, 0.29) is 6.04 Å². The van der Waals surface area contributed by atoms with Gasteiger partial charge in [-0.3, -0.25) is 5.10 Å². The fourth-order valence-electron chi connectivity index (χ4n) is 2.46. The van der Waals surface area contributed by atoms with Crippen molar-refractivity contribution in [1.82, 2.24) is 25.4 Å². The number of hydrogen-bond acceptors (Lipinski definition) is 6. The zero-order valence-corrected chi connectivity index (χ0v) is 11.8. The molecule has 1 fully saturated rings. The smallest absolute Gasteiger partial charge is 0.245 e. The highest BCUT2D eigenvalue weighted by Gasteiger charge is 2.23. The molecule has 0 bridgehead atoms. The molecule has 20 heavy (non-hydrogen) atoms. The number of hydrogen-bond donors (Lipinski definition) is 2. The Kier molecular flexibility index (Phi) is 3.35. The maximum Gasteiger partial charge on any atom is 0.245 e. The number of nitrogens with one attached hydrogen (secondary N) is 1. The van der Waals surface area contributed by atoms with Crippen molar-refractivity contribution in [1.29, 1.82) is 0 Å². The van der Waals surface area contributed by atoms with Gasteiger partial charge in [-0.2, -0.15) is 15.2 Å². The van der Waals surface area contributed by atoms with Crippen LogP contribution in [0.15, 0.2) is 6.07 Å². The summed E-state index contributed by atoms with van der Waals surface area (Å²) in [5.74, 6) is 1.46. The quantitative estimate of drug-likeness (QED) is 0.853. The van der Waals surface area contributed by atoms with E-state index in [4.69, 9.17) is 5.73 Å². The number of aromatic amines is 1. The normalized spacial score (nSPS) is 18.8. The van der Waals surface area contributed by atoms with Crippen molar-refractivity contribution in [2.45, 2.75) is 32.7 Å². The van der Waals surface area contributed by atoms with Gasteiger partial charge in [-0.05, 0) is 25.8 Å². The third-order valence-electron chi connectivity index (χ3n) is 3.56. The van der Waals surface area contributed by atoms with Gasteiger partial charge in [0.1, 0.15) is 0 Å². The highest BCUT2D eigenvalue weighted by molar-refractivity contribution is 5.59. The predicted octanol–water partition coefficient (Wildman–Crippen LogP) is 0.670. The van der Waals surface area contributed by atoms with Crippen LogP contribution < -0.4 is 10.6 Å². The monoisotopic (exact) mass is 273 g/mol. The molecule has 1 unspecified atom stereocenters. The molecule has 2 aromatic rings. The van der Waals surface area contributed by atoms with Gasteiger partial charge < -0.3 is 10.6 Å². The van der Waals surface area contributed by atoms with E-state index in [1.165, 1.54) is 0 Å². The van der Waals surface area contributed by atoms with Crippen molar-refractivity contribution in [2.75, 3.05) is 18.0 Å². The Morgan fingerprint density at radius 3 is 3.00 bits per heavy atom. The van der Waals surface area contributed by atoms with Crippen LogP contribution >= 0.6 is 0 Å². The SMILES string of the molecule is CCc1nnc(C)cc1-c1nc(N2CCC(N)C2)n[nH]1.